The summed E-state index contributed by atoms with van der Waals surface area (Å²) in [5.74, 6) is 0. The molecule has 2 heteroatoms. The van der Waals surface area contributed by atoms with Crippen molar-refractivity contribution in [3.05, 3.63) is 0 Å². The Morgan fingerprint density at radius 3 is 2.50 bits per heavy atom. The second-order valence-electron chi connectivity index (χ2n) is 5.67. The second-order valence-corrected chi connectivity index (χ2v) is 5.67. The number of nitrogens with zero attached hydrogens (tertiary/aromatic N) is 1. The predicted molar refractivity (Wildman–Crippen MR) is 71.9 cm³/mol. The molecule has 0 unspecified atom stereocenters. The van der Waals surface area contributed by atoms with E-state index in [9.17, 15) is 0 Å². The number of hydrogen-bond donors (Lipinski definition) is 1. The summed E-state index contributed by atoms with van der Waals surface area (Å²) in [5, 5.41) is 3.38. The molecule has 0 saturated carbocycles. The maximum absolute atomic E-state index is 3.38. The van der Waals surface area contributed by atoms with E-state index in [2.05, 4.69) is 31.0 Å². The summed E-state index contributed by atoms with van der Waals surface area (Å²) in [5.41, 5.74) is 0.476. The van der Waals surface area contributed by atoms with Crippen molar-refractivity contribution in [1.29, 1.82) is 0 Å². The molecule has 0 aromatic heterocycles. The van der Waals surface area contributed by atoms with E-state index < -0.39 is 0 Å². The fourth-order valence-corrected chi connectivity index (χ4v) is 2.66. The second kappa shape index (κ2) is 7.29. The van der Waals surface area contributed by atoms with Gasteiger partial charge in [-0.15, -0.1) is 0 Å². The molecule has 1 fully saturated rings. The van der Waals surface area contributed by atoms with Gasteiger partial charge in [0.15, 0.2) is 0 Å². The molecule has 0 radical (unpaired) electrons. The maximum atomic E-state index is 3.38. The number of unbranched alkanes of at least 4 members (excludes halogenated alkanes) is 3. The third-order valence-electron chi connectivity index (χ3n) is 3.85. The first-order chi connectivity index (χ1) is 7.67. The molecule has 1 aliphatic rings. The van der Waals surface area contributed by atoms with Crippen LogP contribution in [0.3, 0.4) is 0 Å². The standard InChI is InChI=1S/C14H30N2/c1-4-15-11-7-5-6-8-12-16-13-9-10-14(16,2)3/h15H,4-13H2,1-3H3. The molecular weight excluding hydrogens is 196 g/mol. The molecular formula is C14H30N2. The Bertz CT molecular complexity index is 178. The minimum absolute atomic E-state index is 0.476. The number of hydrogen-bond acceptors (Lipinski definition) is 2. The van der Waals surface area contributed by atoms with Crippen molar-refractivity contribution in [3.63, 3.8) is 0 Å². The third-order valence-corrected chi connectivity index (χ3v) is 3.85. The lowest BCUT2D eigenvalue weighted by molar-refractivity contribution is 0.171. The van der Waals surface area contributed by atoms with Crippen LogP contribution in [0.1, 0.15) is 59.3 Å². The summed E-state index contributed by atoms with van der Waals surface area (Å²) in [6.45, 7) is 11.9. The quantitative estimate of drug-likeness (QED) is 0.640. The fraction of sp³-hybridized carbons (Fsp3) is 1.00. The normalized spacial score (nSPS) is 20.4. The Morgan fingerprint density at radius 1 is 1.12 bits per heavy atom. The first-order valence-corrected chi connectivity index (χ1v) is 7.12. The van der Waals surface area contributed by atoms with Crippen LogP contribution in [0.4, 0.5) is 0 Å². The molecule has 2 nitrogen and oxygen atoms in total. The SMILES string of the molecule is CCNCCCCCCN1CCCC1(C)C. The van der Waals surface area contributed by atoms with Crippen LogP contribution in [-0.2, 0) is 0 Å². The summed E-state index contributed by atoms with van der Waals surface area (Å²) in [6.07, 6.45) is 8.30. The van der Waals surface area contributed by atoms with E-state index in [1.807, 2.05) is 0 Å². The molecule has 1 heterocycles. The summed E-state index contributed by atoms with van der Waals surface area (Å²) >= 11 is 0. The van der Waals surface area contributed by atoms with E-state index in [-0.39, 0.29) is 0 Å². The molecule has 0 spiro atoms. The Balaban J connectivity index is 1.95. The molecule has 0 bridgehead atoms. The van der Waals surface area contributed by atoms with Gasteiger partial charge in [-0.2, -0.15) is 0 Å². The lowest BCUT2D eigenvalue weighted by Gasteiger charge is -2.31. The monoisotopic (exact) mass is 226 g/mol. The molecule has 0 aromatic carbocycles. The minimum Gasteiger partial charge on any atom is -0.317 e. The van der Waals surface area contributed by atoms with Crippen molar-refractivity contribution < 1.29 is 0 Å². The molecule has 1 aliphatic heterocycles. The lowest BCUT2D eigenvalue weighted by Crippen LogP contribution is -2.38. The molecule has 1 saturated heterocycles. The van der Waals surface area contributed by atoms with Gasteiger partial charge in [0, 0.05) is 5.54 Å². The van der Waals surface area contributed by atoms with Gasteiger partial charge in [-0.05, 0) is 65.7 Å². The highest BCUT2D eigenvalue weighted by Crippen LogP contribution is 2.28. The van der Waals surface area contributed by atoms with Gasteiger partial charge in [-0.25, -0.2) is 0 Å². The average molecular weight is 226 g/mol. The van der Waals surface area contributed by atoms with Crippen LogP contribution >= 0.6 is 0 Å². The Kier molecular flexibility index (Phi) is 6.37. The van der Waals surface area contributed by atoms with Crippen LogP contribution in [0.2, 0.25) is 0 Å². The Morgan fingerprint density at radius 2 is 1.88 bits per heavy atom. The van der Waals surface area contributed by atoms with Crippen molar-refractivity contribution in [1.82, 2.24) is 10.2 Å². The topological polar surface area (TPSA) is 15.3 Å². The van der Waals surface area contributed by atoms with Crippen LogP contribution < -0.4 is 5.32 Å². The molecule has 0 atom stereocenters. The molecule has 1 N–H and O–H groups in total. The van der Waals surface area contributed by atoms with Gasteiger partial charge in [0.25, 0.3) is 0 Å². The number of likely N-dealkylation sites (tertiary alicyclic amines) is 1. The van der Waals surface area contributed by atoms with Gasteiger partial charge in [-0.1, -0.05) is 19.8 Å². The van der Waals surface area contributed by atoms with Crippen molar-refractivity contribution in [3.8, 4) is 0 Å². The van der Waals surface area contributed by atoms with E-state index in [1.54, 1.807) is 0 Å². The van der Waals surface area contributed by atoms with Crippen molar-refractivity contribution in [2.24, 2.45) is 0 Å². The van der Waals surface area contributed by atoms with E-state index in [0.717, 1.165) is 6.54 Å². The Labute approximate surface area is 102 Å². The summed E-state index contributed by atoms with van der Waals surface area (Å²) in [6, 6.07) is 0. The van der Waals surface area contributed by atoms with E-state index >= 15 is 0 Å². The molecule has 0 amide bonds. The van der Waals surface area contributed by atoms with Gasteiger partial charge in [-0.3, -0.25) is 4.90 Å². The highest BCUT2D eigenvalue weighted by Gasteiger charge is 2.30. The largest absolute Gasteiger partial charge is 0.317 e. The van der Waals surface area contributed by atoms with E-state index in [1.165, 1.54) is 58.2 Å². The zero-order valence-corrected chi connectivity index (χ0v) is 11.5. The number of rotatable bonds is 8. The minimum atomic E-state index is 0.476. The first kappa shape index (κ1) is 14.0. The zero-order valence-electron chi connectivity index (χ0n) is 11.5. The molecule has 1 rings (SSSR count). The van der Waals surface area contributed by atoms with Gasteiger partial charge in [0.05, 0.1) is 0 Å². The van der Waals surface area contributed by atoms with Crippen molar-refractivity contribution in [2.45, 2.75) is 64.8 Å². The van der Waals surface area contributed by atoms with Crippen LogP contribution in [0.15, 0.2) is 0 Å². The van der Waals surface area contributed by atoms with Crippen LogP contribution in [0.25, 0.3) is 0 Å². The van der Waals surface area contributed by atoms with E-state index in [4.69, 9.17) is 0 Å². The van der Waals surface area contributed by atoms with E-state index in [0.29, 0.717) is 5.54 Å². The van der Waals surface area contributed by atoms with Gasteiger partial charge in [0.1, 0.15) is 0 Å². The average Bonchev–Trinajstić information content (AvgIpc) is 2.57. The fourth-order valence-electron chi connectivity index (χ4n) is 2.66. The molecule has 0 aliphatic carbocycles. The first-order valence-electron chi connectivity index (χ1n) is 7.12. The molecule has 0 aromatic rings. The zero-order chi connectivity index (χ0) is 11.9. The van der Waals surface area contributed by atoms with Crippen LogP contribution in [0, 0.1) is 0 Å². The molecule has 96 valence electrons. The summed E-state index contributed by atoms with van der Waals surface area (Å²) in [4.78, 5) is 2.68. The predicted octanol–water partition coefficient (Wildman–Crippen LogP) is 3.03. The molecule has 16 heavy (non-hydrogen) atoms. The number of nitrogens with one attached hydrogen (secondary N) is 1. The van der Waals surface area contributed by atoms with Gasteiger partial charge in [0.2, 0.25) is 0 Å². The van der Waals surface area contributed by atoms with Crippen LogP contribution in [0.5, 0.6) is 0 Å². The Hall–Kier alpha value is -0.0800. The van der Waals surface area contributed by atoms with Crippen molar-refractivity contribution >= 4 is 0 Å². The highest BCUT2D eigenvalue weighted by atomic mass is 15.2. The smallest absolute Gasteiger partial charge is 0.0153 e. The third kappa shape index (κ3) is 4.84. The summed E-state index contributed by atoms with van der Waals surface area (Å²) < 4.78 is 0. The maximum Gasteiger partial charge on any atom is 0.0153 e. The highest BCUT2D eigenvalue weighted by molar-refractivity contribution is 4.87. The van der Waals surface area contributed by atoms with Crippen LogP contribution in [-0.4, -0.2) is 36.6 Å². The van der Waals surface area contributed by atoms with Gasteiger partial charge >= 0.3 is 0 Å². The van der Waals surface area contributed by atoms with Gasteiger partial charge < -0.3 is 5.32 Å². The van der Waals surface area contributed by atoms with Crippen molar-refractivity contribution in [2.75, 3.05) is 26.2 Å². The summed E-state index contributed by atoms with van der Waals surface area (Å²) in [7, 11) is 0. The lowest BCUT2D eigenvalue weighted by atomic mass is 10.0.